The summed E-state index contributed by atoms with van der Waals surface area (Å²) >= 11 is 0. The van der Waals surface area contributed by atoms with E-state index in [0.717, 1.165) is 70.3 Å². The van der Waals surface area contributed by atoms with Crippen molar-refractivity contribution in [1.29, 1.82) is 0 Å². The summed E-state index contributed by atoms with van der Waals surface area (Å²) in [6.45, 7) is 8.21. The summed E-state index contributed by atoms with van der Waals surface area (Å²) in [5.74, 6) is 0.742. The van der Waals surface area contributed by atoms with E-state index in [4.69, 9.17) is 9.47 Å². The minimum absolute atomic E-state index is 0. The van der Waals surface area contributed by atoms with Gasteiger partial charge in [-0.15, -0.1) is 12.4 Å². The number of nitrogens with zero attached hydrogens (tertiary/aromatic N) is 3. The number of benzene rings is 1. The molecule has 5 rings (SSSR count). The van der Waals surface area contributed by atoms with Crippen molar-refractivity contribution in [3.05, 3.63) is 29.8 Å². The first-order valence-electron chi connectivity index (χ1n) is 17.0. The van der Waals surface area contributed by atoms with Crippen molar-refractivity contribution >= 4 is 30.1 Å². The predicted octanol–water partition coefficient (Wildman–Crippen LogP) is 3.79. The van der Waals surface area contributed by atoms with Gasteiger partial charge in [0, 0.05) is 44.7 Å². The number of nitrogens with one attached hydrogen (secondary N) is 1. The van der Waals surface area contributed by atoms with Crippen LogP contribution in [0.15, 0.2) is 24.3 Å². The topological polar surface area (TPSA) is 112 Å². The molecule has 0 radical (unpaired) electrons. The van der Waals surface area contributed by atoms with Crippen LogP contribution in [0.4, 0.5) is 0 Å². The van der Waals surface area contributed by atoms with E-state index in [1.807, 2.05) is 34.1 Å². The molecule has 0 unspecified atom stereocenters. The molecule has 45 heavy (non-hydrogen) atoms. The first kappa shape index (κ1) is 35.5. The lowest BCUT2D eigenvalue weighted by Gasteiger charge is -2.52. The summed E-state index contributed by atoms with van der Waals surface area (Å²) in [5.41, 5.74) is -0.973. The van der Waals surface area contributed by atoms with Gasteiger partial charge in [0.25, 0.3) is 5.91 Å². The number of halogens is 1. The highest BCUT2D eigenvalue weighted by molar-refractivity contribution is 6.00. The van der Waals surface area contributed by atoms with Crippen molar-refractivity contribution in [1.82, 2.24) is 20.0 Å². The Morgan fingerprint density at radius 1 is 0.956 bits per heavy atom. The molecule has 1 aromatic carbocycles. The lowest BCUT2D eigenvalue weighted by atomic mass is 9.77. The zero-order valence-corrected chi connectivity index (χ0v) is 27.8. The SMILES string of the molecule is CCCCN1C(=O)[C@@H](CC2(O)CCCCC2)NC(=O)C12CCN(CCCCOc1ccc(C(=O)N3CCOCC3)cc1)CC2.Cl. The number of likely N-dealkylation sites (tertiary alicyclic amines) is 1. The van der Waals surface area contributed by atoms with Crippen molar-refractivity contribution in [3.63, 3.8) is 0 Å². The molecule has 1 aromatic rings. The summed E-state index contributed by atoms with van der Waals surface area (Å²) < 4.78 is 11.3. The van der Waals surface area contributed by atoms with Crippen LogP contribution in [0.3, 0.4) is 0 Å². The number of piperazine rings is 1. The van der Waals surface area contributed by atoms with Crippen LogP contribution in [0.5, 0.6) is 5.75 Å². The lowest BCUT2D eigenvalue weighted by Crippen LogP contribution is -2.73. The minimum atomic E-state index is -0.856. The summed E-state index contributed by atoms with van der Waals surface area (Å²) in [4.78, 5) is 46.2. The van der Waals surface area contributed by atoms with Gasteiger partial charge in [0.05, 0.1) is 25.4 Å². The molecule has 1 spiro atoms. The van der Waals surface area contributed by atoms with Gasteiger partial charge in [0.1, 0.15) is 17.3 Å². The molecule has 11 heteroatoms. The van der Waals surface area contributed by atoms with Crippen LogP contribution < -0.4 is 10.1 Å². The Morgan fingerprint density at radius 3 is 2.31 bits per heavy atom. The molecule has 3 aliphatic heterocycles. The van der Waals surface area contributed by atoms with Crippen molar-refractivity contribution in [2.75, 3.05) is 59.1 Å². The van der Waals surface area contributed by atoms with E-state index in [9.17, 15) is 19.5 Å². The number of rotatable bonds is 12. The highest BCUT2D eigenvalue weighted by Gasteiger charge is 2.54. The third kappa shape index (κ3) is 8.70. The fraction of sp³-hybridized carbons (Fsp3) is 0.735. The van der Waals surface area contributed by atoms with Crippen molar-refractivity contribution in [2.24, 2.45) is 0 Å². The Hall–Kier alpha value is -2.40. The molecule has 1 saturated carbocycles. The van der Waals surface area contributed by atoms with E-state index < -0.39 is 17.2 Å². The quantitative estimate of drug-likeness (QED) is 0.332. The number of morpholine rings is 1. The smallest absolute Gasteiger partial charge is 0.254 e. The molecule has 3 amide bonds. The number of hydrogen-bond acceptors (Lipinski definition) is 7. The molecule has 3 saturated heterocycles. The van der Waals surface area contributed by atoms with Crippen LogP contribution in [0.1, 0.15) is 94.3 Å². The zero-order valence-electron chi connectivity index (χ0n) is 27.0. The Labute approximate surface area is 274 Å². The number of ether oxygens (including phenoxy) is 2. The largest absolute Gasteiger partial charge is 0.494 e. The van der Waals surface area contributed by atoms with Gasteiger partial charge in [-0.3, -0.25) is 14.4 Å². The second-order valence-corrected chi connectivity index (χ2v) is 13.2. The van der Waals surface area contributed by atoms with Gasteiger partial charge in [0.2, 0.25) is 11.8 Å². The molecule has 4 aliphatic rings. The van der Waals surface area contributed by atoms with Gasteiger partial charge in [-0.05, 0) is 75.8 Å². The number of aliphatic hydroxyl groups is 1. The molecule has 1 atom stereocenters. The second-order valence-electron chi connectivity index (χ2n) is 13.2. The van der Waals surface area contributed by atoms with Gasteiger partial charge in [-0.2, -0.15) is 0 Å². The molecule has 1 aliphatic carbocycles. The van der Waals surface area contributed by atoms with Gasteiger partial charge >= 0.3 is 0 Å². The number of piperidine rings is 1. The molecular weight excluding hydrogens is 596 g/mol. The maximum absolute atomic E-state index is 13.8. The Kier molecular flexibility index (Phi) is 12.9. The average Bonchev–Trinajstić information content (AvgIpc) is 3.05. The molecule has 2 N–H and O–H groups in total. The van der Waals surface area contributed by atoms with E-state index in [1.165, 1.54) is 0 Å². The maximum Gasteiger partial charge on any atom is 0.254 e. The molecule has 0 bridgehead atoms. The van der Waals surface area contributed by atoms with E-state index in [2.05, 4.69) is 17.1 Å². The minimum Gasteiger partial charge on any atom is -0.494 e. The van der Waals surface area contributed by atoms with Crippen LogP contribution in [-0.4, -0.2) is 114 Å². The van der Waals surface area contributed by atoms with Crippen LogP contribution in [0, 0.1) is 0 Å². The molecule has 4 fully saturated rings. The van der Waals surface area contributed by atoms with E-state index in [-0.39, 0.29) is 30.1 Å². The van der Waals surface area contributed by atoms with Gasteiger partial charge < -0.3 is 34.6 Å². The standard InChI is InChI=1S/C34H52N4O6.ClH/c1-2-3-18-38-31(40)29(26-33(42)13-5-4-6-14-33)35-32(41)34(38)15-19-36(20-16-34)17-7-8-23-44-28-11-9-27(10-12-28)30(39)37-21-24-43-25-22-37;/h9-12,29,42H,2-8,13-26H2,1H3,(H,35,41);1H/t29-;/m1./s1. The first-order chi connectivity index (χ1) is 21.3. The molecule has 10 nitrogen and oxygen atoms in total. The van der Waals surface area contributed by atoms with Crippen molar-refractivity contribution < 1.29 is 29.0 Å². The number of hydrogen-bond donors (Lipinski definition) is 2. The van der Waals surface area contributed by atoms with Crippen molar-refractivity contribution in [2.45, 2.75) is 101 Å². The first-order valence-corrected chi connectivity index (χ1v) is 17.0. The van der Waals surface area contributed by atoms with E-state index in [1.54, 1.807) is 0 Å². The van der Waals surface area contributed by atoms with Crippen LogP contribution in [0.25, 0.3) is 0 Å². The predicted molar refractivity (Wildman–Crippen MR) is 175 cm³/mol. The Bertz CT molecular complexity index is 1110. The average molecular weight is 649 g/mol. The molecule has 252 valence electrons. The van der Waals surface area contributed by atoms with E-state index >= 15 is 0 Å². The summed E-state index contributed by atoms with van der Waals surface area (Å²) in [6, 6.07) is 6.74. The Morgan fingerprint density at radius 2 is 1.64 bits per heavy atom. The summed E-state index contributed by atoms with van der Waals surface area (Å²) in [5, 5.41) is 14.2. The second kappa shape index (κ2) is 16.4. The number of carbonyl (C=O) groups is 3. The fourth-order valence-corrected chi connectivity index (χ4v) is 7.36. The monoisotopic (exact) mass is 648 g/mol. The highest BCUT2D eigenvalue weighted by atomic mass is 35.5. The zero-order chi connectivity index (χ0) is 31.0. The van der Waals surface area contributed by atoms with E-state index in [0.29, 0.717) is 77.1 Å². The number of unbranched alkanes of at least 4 members (excludes halogenated alkanes) is 2. The number of amides is 3. The third-order valence-electron chi connectivity index (χ3n) is 10.1. The molecule has 3 heterocycles. The van der Waals surface area contributed by atoms with Crippen LogP contribution in [0.2, 0.25) is 0 Å². The van der Waals surface area contributed by atoms with Crippen LogP contribution >= 0.6 is 12.4 Å². The maximum atomic E-state index is 13.8. The van der Waals surface area contributed by atoms with Gasteiger partial charge in [-0.1, -0.05) is 32.6 Å². The summed E-state index contributed by atoms with van der Waals surface area (Å²) in [7, 11) is 0. The molecule has 0 aromatic heterocycles. The van der Waals surface area contributed by atoms with Gasteiger partial charge in [-0.25, -0.2) is 0 Å². The number of carbonyl (C=O) groups excluding carboxylic acids is 3. The van der Waals surface area contributed by atoms with Crippen LogP contribution in [-0.2, 0) is 14.3 Å². The lowest BCUT2D eigenvalue weighted by molar-refractivity contribution is -0.163. The van der Waals surface area contributed by atoms with Crippen molar-refractivity contribution in [3.8, 4) is 5.75 Å². The van der Waals surface area contributed by atoms with Gasteiger partial charge in [0.15, 0.2) is 0 Å². The normalized spacial score (nSPS) is 23.4. The third-order valence-corrected chi connectivity index (χ3v) is 10.1. The highest BCUT2D eigenvalue weighted by Crippen LogP contribution is 2.37. The Balaban J connectivity index is 0.00000461. The molecular formula is C34H53ClN4O6. The summed E-state index contributed by atoms with van der Waals surface area (Å²) in [6.07, 6.45) is 9.78. The fourth-order valence-electron chi connectivity index (χ4n) is 7.36.